The summed E-state index contributed by atoms with van der Waals surface area (Å²) in [6, 6.07) is 73.3. The molecule has 2 unspecified atom stereocenters. The number of rotatable bonds is 3. The Bertz CT molecular complexity index is 3620. The number of hydrogen-bond donors (Lipinski definition) is 0. The third kappa shape index (κ3) is 4.50. The molecule has 2 atom stereocenters. The molecule has 2 aromatic heterocycles. The van der Waals surface area contributed by atoms with Gasteiger partial charge in [-0.2, -0.15) is 0 Å². The lowest BCUT2D eigenvalue weighted by Gasteiger charge is -2.47. The van der Waals surface area contributed by atoms with Gasteiger partial charge >= 0.3 is 0 Å². The highest BCUT2D eigenvalue weighted by atomic mass is 32.2. The number of aromatic nitrogens is 1. The van der Waals surface area contributed by atoms with E-state index in [1.54, 1.807) is 0 Å². The standard InChI is InChI=1S/C55H34NO2PS/c57-59(38-17-5-2-6-18-38)51-25-13-9-21-43(51)55(46-33-42-40-20-8-12-24-49(40)58-50(42)34-52(46)59)44-22-10-14-26-53(44)60-54-32-36(27-29-45(54)55)35-28-30-48-41(31-35)39-19-7-11-23-47(39)56(48)37-15-3-1-4-16-37/h1-34H. The lowest BCUT2D eigenvalue weighted by Crippen LogP contribution is -2.48. The van der Waals surface area contributed by atoms with Gasteiger partial charge in [0.2, 0.25) is 0 Å². The summed E-state index contributed by atoms with van der Waals surface area (Å²) in [6.07, 6.45) is 0. The zero-order valence-electron chi connectivity index (χ0n) is 32.2. The van der Waals surface area contributed by atoms with E-state index in [4.69, 9.17) is 4.42 Å². The average Bonchev–Trinajstić information content (AvgIpc) is 3.85. The Balaban J connectivity index is 1.10. The average molecular weight is 804 g/mol. The van der Waals surface area contributed by atoms with E-state index in [9.17, 15) is 0 Å². The second-order valence-corrected chi connectivity index (χ2v) is 19.7. The summed E-state index contributed by atoms with van der Waals surface area (Å²) in [4.78, 5) is 2.38. The van der Waals surface area contributed by atoms with Crippen molar-refractivity contribution in [1.82, 2.24) is 4.57 Å². The van der Waals surface area contributed by atoms with Crippen molar-refractivity contribution in [3.63, 3.8) is 0 Å². The van der Waals surface area contributed by atoms with Crippen LogP contribution in [-0.4, -0.2) is 4.57 Å². The molecule has 4 heterocycles. The zero-order chi connectivity index (χ0) is 39.6. The lowest BCUT2D eigenvalue weighted by atomic mass is 9.64. The van der Waals surface area contributed by atoms with Crippen molar-refractivity contribution in [3.05, 3.63) is 229 Å². The van der Waals surface area contributed by atoms with Gasteiger partial charge in [-0.15, -0.1) is 0 Å². The minimum absolute atomic E-state index is 0.749. The lowest BCUT2D eigenvalue weighted by molar-refractivity contribution is 0.589. The van der Waals surface area contributed by atoms with E-state index < -0.39 is 12.6 Å². The molecule has 5 heteroatoms. The fourth-order valence-corrected chi connectivity index (χ4v) is 14.8. The Kier molecular flexibility index (Phi) is 7.14. The molecular weight excluding hydrogens is 770 g/mol. The molecule has 60 heavy (non-hydrogen) atoms. The van der Waals surface area contributed by atoms with E-state index >= 15 is 4.57 Å². The summed E-state index contributed by atoms with van der Waals surface area (Å²) in [6.45, 7) is 0. The van der Waals surface area contributed by atoms with Crippen LogP contribution in [0.4, 0.5) is 0 Å². The molecule has 1 spiro atoms. The first-order valence-corrected chi connectivity index (χ1v) is 22.9. The molecule has 0 bridgehead atoms. The van der Waals surface area contributed by atoms with Crippen molar-refractivity contribution in [1.29, 1.82) is 0 Å². The molecular formula is C55H34NO2PS. The van der Waals surface area contributed by atoms with Crippen molar-refractivity contribution in [3.8, 4) is 16.8 Å². The summed E-state index contributed by atoms with van der Waals surface area (Å²) in [5.74, 6) is 0. The summed E-state index contributed by atoms with van der Waals surface area (Å²) in [5.41, 5.74) is 11.2. The highest BCUT2D eigenvalue weighted by Gasteiger charge is 2.54. The van der Waals surface area contributed by atoms with E-state index in [1.165, 1.54) is 48.3 Å². The van der Waals surface area contributed by atoms with Crippen LogP contribution in [-0.2, 0) is 9.98 Å². The second kappa shape index (κ2) is 12.6. The number of benzene rings is 9. The van der Waals surface area contributed by atoms with Crippen LogP contribution >= 0.6 is 18.9 Å². The molecule has 0 saturated carbocycles. The zero-order valence-corrected chi connectivity index (χ0v) is 34.0. The topological polar surface area (TPSA) is 35.1 Å². The molecule has 0 radical (unpaired) electrons. The van der Waals surface area contributed by atoms with E-state index in [0.717, 1.165) is 60.2 Å². The van der Waals surface area contributed by atoms with Crippen LogP contribution in [0.2, 0.25) is 0 Å². The van der Waals surface area contributed by atoms with Crippen molar-refractivity contribution >= 4 is 78.6 Å². The summed E-state index contributed by atoms with van der Waals surface area (Å²) in [7, 11) is -3.40. The van der Waals surface area contributed by atoms with Crippen molar-refractivity contribution in [2.75, 3.05) is 0 Å². The number of hydrogen-bond acceptors (Lipinski definition) is 3. The van der Waals surface area contributed by atoms with Crippen LogP contribution in [0.3, 0.4) is 0 Å². The molecule has 0 aliphatic carbocycles. The summed E-state index contributed by atoms with van der Waals surface area (Å²) < 4.78 is 25.4. The Hall–Kier alpha value is -6.84. The van der Waals surface area contributed by atoms with E-state index in [2.05, 4.69) is 162 Å². The second-order valence-electron chi connectivity index (χ2n) is 15.9. The SMILES string of the molecule is O=P1(c2ccccc2)c2ccccc2C2(c3ccccc3Sc3cc(-c4ccc5c(c4)c4ccccc4n5-c4ccccc4)ccc32)c2cc3c(cc21)oc1ccccc13. The highest BCUT2D eigenvalue weighted by molar-refractivity contribution is 7.99. The van der Waals surface area contributed by atoms with Gasteiger partial charge in [0.15, 0.2) is 7.14 Å². The third-order valence-electron chi connectivity index (χ3n) is 12.9. The smallest absolute Gasteiger partial charge is 0.171 e. The van der Waals surface area contributed by atoms with Crippen LogP contribution in [0.5, 0.6) is 0 Å². The first kappa shape index (κ1) is 34.1. The summed E-state index contributed by atoms with van der Waals surface area (Å²) >= 11 is 1.83. The van der Waals surface area contributed by atoms with Gasteiger partial charge in [-0.3, -0.25) is 0 Å². The van der Waals surface area contributed by atoms with Crippen LogP contribution in [0.1, 0.15) is 22.3 Å². The first-order chi connectivity index (χ1) is 29.6. The van der Waals surface area contributed by atoms with Crippen LogP contribution in [0.25, 0.3) is 60.6 Å². The van der Waals surface area contributed by atoms with Gasteiger partial charge in [-0.1, -0.05) is 157 Å². The largest absolute Gasteiger partial charge is 0.456 e. The molecule has 0 saturated heterocycles. The van der Waals surface area contributed by atoms with E-state index in [-0.39, 0.29) is 0 Å². The fourth-order valence-electron chi connectivity index (χ4n) is 10.4. The minimum Gasteiger partial charge on any atom is -0.456 e. The van der Waals surface area contributed by atoms with Gasteiger partial charge in [-0.25, -0.2) is 0 Å². The van der Waals surface area contributed by atoms with E-state index in [1.807, 2.05) is 60.3 Å². The molecule has 2 aliphatic heterocycles. The van der Waals surface area contributed by atoms with Gasteiger partial charge in [0.05, 0.1) is 16.4 Å². The normalized spacial score (nSPS) is 17.8. The van der Waals surface area contributed by atoms with Crippen LogP contribution in [0, 0.1) is 0 Å². The first-order valence-electron chi connectivity index (χ1n) is 20.4. The Morgan fingerprint density at radius 2 is 1.08 bits per heavy atom. The predicted octanol–water partition coefficient (Wildman–Crippen LogP) is 13.2. The number of nitrogens with zero attached hydrogens (tertiary/aromatic N) is 1. The quantitative estimate of drug-likeness (QED) is 0.167. The number of para-hydroxylation sites is 3. The van der Waals surface area contributed by atoms with Gasteiger partial charge in [0.1, 0.15) is 11.2 Å². The third-order valence-corrected chi connectivity index (χ3v) is 17.2. The van der Waals surface area contributed by atoms with Crippen molar-refractivity contribution < 1.29 is 8.98 Å². The molecule has 13 rings (SSSR count). The molecule has 0 amide bonds. The fraction of sp³-hybridized carbons (Fsp3) is 0.0182. The molecule has 9 aromatic carbocycles. The molecule has 11 aromatic rings. The molecule has 0 fully saturated rings. The maximum Gasteiger partial charge on any atom is 0.171 e. The monoisotopic (exact) mass is 803 g/mol. The molecule has 0 N–H and O–H groups in total. The number of furan rings is 1. The minimum atomic E-state index is -3.40. The van der Waals surface area contributed by atoms with Gasteiger partial charge < -0.3 is 13.5 Å². The van der Waals surface area contributed by atoms with Crippen LogP contribution < -0.4 is 15.9 Å². The maximum absolute atomic E-state index is 16.5. The van der Waals surface area contributed by atoms with E-state index in [0.29, 0.717) is 0 Å². The maximum atomic E-state index is 16.5. The highest BCUT2D eigenvalue weighted by Crippen LogP contribution is 2.62. The number of fused-ring (bicyclic) bond motifs is 14. The Morgan fingerprint density at radius 3 is 1.95 bits per heavy atom. The van der Waals surface area contributed by atoms with Crippen molar-refractivity contribution in [2.45, 2.75) is 15.2 Å². The summed E-state index contributed by atoms with van der Waals surface area (Å²) in [5, 5.41) is 7.06. The Labute approximate surface area is 350 Å². The van der Waals surface area contributed by atoms with Gasteiger partial charge in [0.25, 0.3) is 0 Å². The molecule has 282 valence electrons. The van der Waals surface area contributed by atoms with Gasteiger partial charge in [-0.05, 0) is 94.0 Å². The molecule has 2 aliphatic rings. The van der Waals surface area contributed by atoms with Crippen molar-refractivity contribution in [2.24, 2.45) is 0 Å². The van der Waals surface area contributed by atoms with Crippen LogP contribution in [0.15, 0.2) is 220 Å². The Morgan fingerprint density at radius 1 is 0.433 bits per heavy atom. The predicted molar refractivity (Wildman–Crippen MR) is 249 cm³/mol. The van der Waals surface area contributed by atoms with Gasteiger partial charge in [0, 0.05) is 52.9 Å². The molecule has 3 nitrogen and oxygen atoms in total.